The molecule has 0 radical (unpaired) electrons. The Kier molecular flexibility index (Phi) is 5.32. The fourth-order valence-electron chi connectivity index (χ4n) is 4.18. The SMILES string of the molecule is C(=C1CCCCC1N1CCC1)c1ccc(CCc2ccccc2)cc1. The van der Waals surface area contributed by atoms with E-state index in [1.807, 2.05) is 0 Å². The second-order valence-corrected chi connectivity index (χ2v) is 7.60. The topological polar surface area (TPSA) is 3.24 Å². The van der Waals surface area contributed by atoms with Crippen molar-refractivity contribution < 1.29 is 0 Å². The van der Waals surface area contributed by atoms with E-state index in [4.69, 9.17) is 0 Å². The minimum absolute atomic E-state index is 0.722. The van der Waals surface area contributed by atoms with Gasteiger partial charge in [-0.3, -0.25) is 4.90 Å². The molecule has 2 fully saturated rings. The summed E-state index contributed by atoms with van der Waals surface area (Å²) in [6.45, 7) is 2.61. The highest BCUT2D eigenvalue weighted by atomic mass is 15.2. The lowest BCUT2D eigenvalue weighted by atomic mass is 9.86. The first-order valence-corrected chi connectivity index (χ1v) is 9.96. The molecule has 25 heavy (non-hydrogen) atoms. The molecule has 2 aromatic carbocycles. The molecule has 0 bridgehead atoms. The van der Waals surface area contributed by atoms with Crippen LogP contribution in [0.15, 0.2) is 60.2 Å². The van der Waals surface area contributed by atoms with E-state index in [0.717, 1.165) is 18.9 Å². The van der Waals surface area contributed by atoms with E-state index >= 15 is 0 Å². The minimum atomic E-state index is 0.722. The summed E-state index contributed by atoms with van der Waals surface area (Å²) in [5.74, 6) is 0. The molecule has 1 saturated heterocycles. The van der Waals surface area contributed by atoms with Crippen LogP contribution in [0, 0.1) is 0 Å². The fourth-order valence-corrected chi connectivity index (χ4v) is 4.18. The molecule has 4 rings (SSSR count). The Morgan fingerprint density at radius 1 is 0.800 bits per heavy atom. The zero-order chi connectivity index (χ0) is 16.9. The number of nitrogens with zero attached hydrogens (tertiary/aromatic N) is 1. The van der Waals surface area contributed by atoms with E-state index < -0.39 is 0 Å². The molecule has 0 amide bonds. The first-order chi connectivity index (χ1) is 12.4. The van der Waals surface area contributed by atoms with Crippen molar-refractivity contribution in [3.8, 4) is 0 Å². The Morgan fingerprint density at radius 3 is 2.20 bits per heavy atom. The fraction of sp³-hybridized carbons (Fsp3) is 0.417. The molecule has 1 saturated carbocycles. The quantitative estimate of drug-likeness (QED) is 0.699. The average molecular weight is 332 g/mol. The van der Waals surface area contributed by atoms with Crippen LogP contribution in [0.5, 0.6) is 0 Å². The summed E-state index contributed by atoms with van der Waals surface area (Å²) in [6, 6.07) is 20.8. The van der Waals surface area contributed by atoms with Crippen molar-refractivity contribution in [3.05, 3.63) is 76.9 Å². The molecule has 1 aliphatic carbocycles. The summed E-state index contributed by atoms with van der Waals surface area (Å²) in [4.78, 5) is 2.68. The molecule has 1 heteroatoms. The van der Waals surface area contributed by atoms with Crippen LogP contribution in [-0.2, 0) is 12.8 Å². The van der Waals surface area contributed by atoms with Gasteiger partial charge in [-0.1, -0.05) is 72.7 Å². The molecule has 130 valence electrons. The smallest absolute Gasteiger partial charge is 0.0310 e. The Balaban J connectivity index is 1.40. The lowest BCUT2D eigenvalue weighted by Crippen LogP contribution is -2.46. The average Bonchev–Trinajstić information content (AvgIpc) is 2.62. The van der Waals surface area contributed by atoms with Crippen LogP contribution in [-0.4, -0.2) is 24.0 Å². The highest BCUT2D eigenvalue weighted by molar-refractivity contribution is 5.55. The van der Waals surface area contributed by atoms with Crippen LogP contribution in [0.1, 0.15) is 48.8 Å². The van der Waals surface area contributed by atoms with E-state index in [-0.39, 0.29) is 0 Å². The minimum Gasteiger partial charge on any atom is -0.297 e. The summed E-state index contributed by atoms with van der Waals surface area (Å²) in [7, 11) is 0. The van der Waals surface area contributed by atoms with Crippen molar-refractivity contribution >= 4 is 6.08 Å². The first-order valence-electron chi connectivity index (χ1n) is 9.96. The second-order valence-electron chi connectivity index (χ2n) is 7.60. The van der Waals surface area contributed by atoms with E-state index in [1.165, 1.54) is 61.9 Å². The van der Waals surface area contributed by atoms with E-state index in [1.54, 1.807) is 5.57 Å². The predicted octanol–water partition coefficient (Wildman–Crippen LogP) is 5.50. The molecule has 1 atom stereocenters. The van der Waals surface area contributed by atoms with Gasteiger partial charge in [-0.05, 0) is 68.3 Å². The van der Waals surface area contributed by atoms with Crippen LogP contribution >= 0.6 is 0 Å². The van der Waals surface area contributed by atoms with Crippen LogP contribution in [0.2, 0.25) is 0 Å². The molecule has 2 aromatic rings. The molecule has 1 aliphatic heterocycles. The molecular formula is C24H29N. The van der Waals surface area contributed by atoms with Crippen molar-refractivity contribution in [1.82, 2.24) is 4.90 Å². The van der Waals surface area contributed by atoms with Crippen molar-refractivity contribution in [3.63, 3.8) is 0 Å². The molecule has 2 aliphatic rings. The Bertz CT molecular complexity index is 695. The third-order valence-corrected chi connectivity index (χ3v) is 5.83. The summed E-state index contributed by atoms with van der Waals surface area (Å²) in [5.41, 5.74) is 5.91. The van der Waals surface area contributed by atoms with Gasteiger partial charge in [0.2, 0.25) is 0 Å². The maximum Gasteiger partial charge on any atom is 0.0310 e. The summed E-state index contributed by atoms with van der Waals surface area (Å²) in [6.07, 6.45) is 11.5. The molecular weight excluding hydrogens is 302 g/mol. The number of hydrogen-bond donors (Lipinski definition) is 0. The Hall–Kier alpha value is -1.86. The van der Waals surface area contributed by atoms with Crippen LogP contribution < -0.4 is 0 Å². The normalized spacial score (nSPS) is 22.7. The lowest BCUT2D eigenvalue weighted by molar-refractivity contribution is 0.121. The van der Waals surface area contributed by atoms with Crippen LogP contribution in [0.3, 0.4) is 0 Å². The van der Waals surface area contributed by atoms with Gasteiger partial charge in [-0.15, -0.1) is 0 Å². The number of likely N-dealkylation sites (tertiary alicyclic amines) is 1. The highest BCUT2D eigenvalue weighted by Gasteiger charge is 2.28. The third-order valence-electron chi connectivity index (χ3n) is 5.83. The third kappa shape index (κ3) is 4.22. The number of rotatable bonds is 5. The van der Waals surface area contributed by atoms with Gasteiger partial charge >= 0.3 is 0 Å². The summed E-state index contributed by atoms with van der Waals surface area (Å²) < 4.78 is 0. The molecule has 1 unspecified atom stereocenters. The van der Waals surface area contributed by atoms with Crippen LogP contribution in [0.4, 0.5) is 0 Å². The Morgan fingerprint density at radius 2 is 1.52 bits per heavy atom. The largest absolute Gasteiger partial charge is 0.297 e. The number of aryl methyl sites for hydroxylation is 2. The predicted molar refractivity (Wildman–Crippen MR) is 107 cm³/mol. The van der Waals surface area contributed by atoms with E-state index in [9.17, 15) is 0 Å². The first kappa shape index (κ1) is 16.6. The highest BCUT2D eigenvalue weighted by Crippen LogP contribution is 2.32. The molecule has 1 heterocycles. The maximum atomic E-state index is 2.68. The monoisotopic (exact) mass is 331 g/mol. The molecule has 0 N–H and O–H groups in total. The maximum absolute atomic E-state index is 2.68. The standard InChI is InChI=1S/C24H29N/c1-2-7-20(8-3-1)11-12-21-13-15-22(16-14-21)19-23-9-4-5-10-24(23)25-17-6-18-25/h1-3,7-8,13-16,19,24H,4-6,9-12,17-18H2. The second kappa shape index (κ2) is 8.01. The van der Waals surface area contributed by atoms with Gasteiger partial charge in [-0.2, -0.15) is 0 Å². The molecule has 0 aromatic heterocycles. The van der Waals surface area contributed by atoms with Gasteiger partial charge in [-0.25, -0.2) is 0 Å². The summed E-state index contributed by atoms with van der Waals surface area (Å²) >= 11 is 0. The van der Waals surface area contributed by atoms with E-state index in [2.05, 4.69) is 65.6 Å². The van der Waals surface area contributed by atoms with Crippen LogP contribution in [0.25, 0.3) is 6.08 Å². The molecule has 0 spiro atoms. The number of hydrogen-bond acceptors (Lipinski definition) is 1. The zero-order valence-electron chi connectivity index (χ0n) is 15.2. The Labute approximate surface area is 152 Å². The van der Waals surface area contributed by atoms with Gasteiger partial charge in [0.1, 0.15) is 0 Å². The van der Waals surface area contributed by atoms with Crippen molar-refractivity contribution in [2.24, 2.45) is 0 Å². The van der Waals surface area contributed by atoms with Gasteiger partial charge in [0.25, 0.3) is 0 Å². The van der Waals surface area contributed by atoms with Gasteiger partial charge in [0, 0.05) is 6.04 Å². The van der Waals surface area contributed by atoms with Crippen molar-refractivity contribution in [2.75, 3.05) is 13.1 Å². The van der Waals surface area contributed by atoms with Gasteiger partial charge in [0.15, 0.2) is 0 Å². The van der Waals surface area contributed by atoms with Gasteiger partial charge < -0.3 is 0 Å². The lowest BCUT2D eigenvalue weighted by Gasteiger charge is -2.42. The summed E-state index contributed by atoms with van der Waals surface area (Å²) in [5, 5.41) is 0. The van der Waals surface area contributed by atoms with Crippen molar-refractivity contribution in [2.45, 2.75) is 51.0 Å². The van der Waals surface area contributed by atoms with Crippen molar-refractivity contribution in [1.29, 1.82) is 0 Å². The van der Waals surface area contributed by atoms with E-state index in [0.29, 0.717) is 0 Å². The zero-order valence-corrected chi connectivity index (χ0v) is 15.2. The van der Waals surface area contributed by atoms with Gasteiger partial charge in [0.05, 0.1) is 0 Å². The molecule has 1 nitrogen and oxygen atoms in total. The number of benzene rings is 2.